The molecule has 0 bridgehead atoms. The minimum absolute atomic E-state index is 0.113. The number of thioether (sulfide) groups is 1. The first-order valence-corrected chi connectivity index (χ1v) is 10.6. The van der Waals surface area contributed by atoms with Crippen molar-refractivity contribution in [3.8, 4) is 22.9 Å². The van der Waals surface area contributed by atoms with E-state index in [2.05, 4.69) is 20.6 Å². The molecule has 8 nitrogen and oxygen atoms in total. The van der Waals surface area contributed by atoms with Crippen molar-refractivity contribution in [2.75, 3.05) is 25.3 Å². The molecule has 164 valence electrons. The molecule has 0 aliphatic carbocycles. The maximum absolute atomic E-state index is 13.7. The Bertz CT molecular complexity index is 1290. The van der Waals surface area contributed by atoms with Gasteiger partial charge in [0.15, 0.2) is 23.0 Å². The summed E-state index contributed by atoms with van der Waals surface area (Å²) in [5.74, 6) is 1.19. The number of aromatic nitrogens is 4. The zero-order chi connectivity index (χ0) is 22.7. The van der Waals surface area contributed by atoms with Crippen molar-refractivity contribution in [1.29, 1.82) is 0 Å². The molecule has 1 amide bonds. The summed E-state index contributed by atoms with van der Waals surface area (Å²) in [6.45, 7) is 1.67. The fourth-order valence-electron chi connectivity index (χ4n) is 3.01. The fraction of sp³-hybridized carbons (Fsp3) is 0.182. The van der Waals surface area contributed by atoms with Gasteiger partial charge in [-0.15, -0.1) is 10.2 Å². The lowest BCUT2D eigenvalue weighted by Gasteiger charge is -2.09. The Hall–Kier alpha value is -3.66. The van der Waals surface area contributed by atoms with E-state index >= 15 is 0 Å². The van der Waals surface area contributed by atoms with Crippen LogP contribution in [0.25, 0.3) is 17.0 Å². The molecular formula is C22H20FN5O3S. The van der Waals surface area contributed by atoms with Gasteiger partial charge in [0.25, 0.3) is 0 Å². The molecule has 10 heteroatoms. The van der Waals surface area contributed by atoms with Gasteiger partial charge in [-0.3, -0.25) is 4.79 Å². The monoisotopic (exact) mass is 453 g/mol. The second-order valence-electron chi connectivity index (χ2n) is 6.84. The molecule has 0 radical (unpaired) electrons. The predicted octanol–water partition coefficient (Wildman–Crippen LogP) is 3.99. The third-order valence-electron chi connectivity index (χ3n) is 4.69. The van der Waals surface area contributed by atoms with E-state index < -0.39 is 0 Å². The van der Waals surface area contributed by atoms with E-state index in [1.165, 1.54) is 17.8 Å². The van der Waals surface area contributed by atoms with Gasteiger partial charge in [-0.25, -0.2) is 4.39 Å². The summed E-state index contributed by atoms with van der Waals surface area (Å²) in [5.41, 5.74) is 2.26. The number of nitrogens with zero attached hydrogens (tertiary/aromatic N) is 4. The Morgan fingerprint density at radius 2 is 1.88 bits per heavy atom. The highest BCUT2D eigenvalue weighted by molar-refractivity contribution is 7.99. The van der Waals surface area contributed by atoms with E-state index in [0.717, 1.165) is 5.56 Å². The van der Waals surface area contributed by atoms with Gasteiger partial charge in [-0.05, 0) is 55.0 Å². The number of carbonyl (C=O) groups is 1. The highest BCUT2D eigenvalue weighted by Gasteiger charge is 2.14. The van der Waals surface area contributed by atoms with Crippen LogP contribution in [0.4, 0.5) is 10.1 Å². The quantitative estimate of drug-likeness (QED) is 0.423. The van der Waals surface area contributed by atoms with Gasteiger partial charge in [-0.1, -0.05) is 17.8 Å². The summed E-state index contributed by atoms with van der Waals surface area (Å²) in [6, 6.07) is 13.6. The first-order valence-electron chi connectivity index (χ1n) is 9.62. The van der Waals surface area contributed by atoms with Crippen molar-refractivity contribution < 1.29 is 18.7 Å². The van der Waals surface area contributed by atoms with E-state index in [4.69, 9.17) is 9.47 Å². The molecular weight excluding hydrogens is 433 g/mol. The van der Waals surface area contributed by atoms with Gasteiger partial charge < -0.3 is 14.8 Å². The van der Waals surface area contributed by atoms with Crippen molar-refractivity contribution in [3.05, 3.63) is 59.9 Å². The van der Waals surface area contributed by atoms with Crippen molar-refractivity contribution >= 4 is 29.0 Å². The molecule has 2 aromatic carbocycles. The summed E-state index contributed by atoms with van der Waals surface area (Å²) in [7, 11) is 3.13. The Labute approximate surface area is 187 Å². The standard InChI is InChI=1S/C22H20FN5O3S/c1-13-4-6-15(11-16(13)23)24-20(29)12-32-21-9-8-19-25-26-22(28(19)27-21)14-5-7-17(30-2)18(10-14)31-3/h4-11H,12H2,1-3H3,(H,24,29). The maximum Gasteiger partial charge on any atom is 0.234 e. The number of fused-ring (bicyclic) bond motifs is 1. The topological polar surface area (TPSA) is 90.6 Å². The van der Waals surface area contributed by atoms with Gasteiger partial charge >= 0.3 is 0 Å². The van der Waals surface area contributed by atoms with Gasteiger partial charge in [0.1, 0.15) is 10.8 Å². The number of carbonyl (C=O) groups excluding carboxylic acids is 1. The Kier molecular flexibility index (Phi) is 6.22. The number of halogens is 1. The van der Waals surface area contributed by atoms with Crippen LogP contribution in [0.3, 0.4) is 0 Å². The molecule has 0 unspecified atom stereocenters. The Morgan fingerprint density at radius 3 is 2.62 bits per heavy atom. The maximum atomic E-state index is 13.7. The molecule has 0 fully saturated rings. The third kappa shape index (κ3) is 4.50. The van der Waals surface area contributed by atoms with Crippen molar-refractivity contribution in [2.24, 2.45) is 0 Å². The normalized spacial score (nSPS) is 10.9. The van der Waals surface area contributed by atoms with E-state index in [0.29, 0.717) is 39.2 Å². The summed E-state index contributed by atoms with van der Waals surface area (Å²) in [6.07, 6.45) is 0. The van der Waals surface area contributed by atoms with Crippen LogP contribution in [0.5, 0.6) is 11.5 Å². The Morgan fingerprint density at radius 1 is 1.06 bits per heavy atom. The smallest absolute Gasteiger partial charge is 0.234 e. The van der Waals surface area contributed by atoms with Crippen LogP contribution < -0.4 is 14.8 Å². The second kappa shape index (κ2) is 9.23. The zero-order valence-corrected chi connectivity index (χ0v) is 18.4. The number of hydrogen-bond acceptors (Lipinski definition) is 7. The summed E-state index contributed by atoms with van der Waals surface area (Å²) < 4.78 is 25.9. The van der Waals surface area contributed by atoms with Gasteiger partial charge in [0, 0.05) is 11.3 Å². The highest BCUT2D eigenvalue weighted by Crippen LogP contribution is 2.31. The molecule has 0 aliphatic rings. The van der Waals surface area contributed by atoms with Crippen LogP contribution in [-0.4, -0.2) is 45.7 Å². The zero-order valence-electron chi connectivity index (χ0n) is 17.6. The molecule has 2 heterocycles. The van der Waals surface area contributed by atoms with Crippen LogP contribution in [-0.2, 0) is 4.79 Å². The molecule has 0 saturated carbocycles. The Balaban J connectivity index is 1.51. The van der Waals surface area contributed by atoms with Gasteiger partial charge in [0.05, 0.1) is 20.0 Å². The average Bonchev–Trinajstić information content (AvgIpc) is 3.23. The number of hydrogen-bond donors (Lipinski definition) is 1. The first kappa shape index (κ1) is 21.6. The van der Waals surface area contributed by atoms with Gasteiger partial charge in [0.2, 0.25) is 5.91 Å². The van der Waals surface area contributed by atoms with Crippen molar-refractivity contribution in [3.63, 3.8) is 0 Å². The lowest BCUT2D eigenvalue weighted by molar-refractivity contribution is -0.113. The molecule has 0 atom stereocenters. The molecule has 32 heavy (non-hydrogen) atoms. The lowest BCUT2D eigenvalue weighted by Crippen LogP contribution is -2.14. The van der Waals surface area contributed by atoms with E-state index in [9.17, 15) is 9.18 Å². The largest absolute Gasteiger partial charge is 0.493 e. The van der Waals surface area contributed by atoms with E-state index in [1.807, 2.05) is 6.07 Å². The van der Waals surface area contributed by atoms with E-state index in [1.54, 1.807) is 62.1 Å². The molecule has 0 aliphatic heterocycles. The first-order chi connectivity index (χ1) is 15.5. The average molecular weight is 453 g/mol. The third-order valence-corrected chi connectivity index (χ3v) is 5.61. The molecule has 2 aromatic heterocycles. The second-order valence-corrected chi connectivity index (χ2v) is 7.83. The highest BCUT2D eigenvalue weighted by atomic mass is 32.2. The number of benzene rings is 2. The van der Waals surface area contributed by atoms with Crippen LogP contribution in [0.15, 0.2) is 53.6 Å². The minimum atomic E-state index is -0.363. The summed E-state index contributed by atoms with van der Waals surface area (Å²) in [4.78, 5) is 12.3. The summed E-state index contributed by atoms with van der Waals surface area (Å²) in [5, 5.41) is 16.2. The number of amides is 1. The number of anilines is 1. The van der Waals surface area contributed by atoms with Crippen LogP contribution >= 0.6 is 11.8 Å². The lowest BCUT2D eigenvalue weighted by atomic mass is 10.2. The van der Waals surface area contributed by atoms with Crippen molar-refractivity contribution in [1.82, 2.24) is 19.8 Å². The summed E-state index contributed by atoms with van der Waals surface area (Å²) >= 11 is 1.25. The van der Waals surface area contributed by atoms with Crippen LogP contribution in [0.2, 0.25) is 0 Å². The number of rotatable bonds is 7. The minimum Gasteiger partial charge on any atom is -0.493 e. The molecule has 0 saturated heterocycles. The SMILES string of the molecule is COc1ccc(-c2nnc3ccc(SCC(=O)Nc4ccc(C)c(F)c4)nn23)cc1OC. The molecule has 4 aromatic rings. The number of nitrogens with one attached hydrogen (secondary N) is 1. The van der Waals surface area contributed by atoms with Crippen molar-refractivity contribution in [2.45, 2.75) is 11.9 Å². The van der Waals surface area contributed by atoms with Gasteiger partial charge in [-0.2, -0.15) is 9.61 Å². The fourth-order valence-corrected chi connectivity index (χ4v) is 3.67. The number of methoxy groups -OCH3 is 2. The molecule has 1 N–H and O–H groups in total. The predicted molar refractivity (Wildman–Crippen MR) is 120 cm³/mol. The molecule has 4 rings (SSSR count). The molecule has 0 spiro atoms. The van der Waals surface area contributed by atoms with Crippen LogP contribution in [0.1, 0.15) is 5.56 Å². The number of aryl methyl sites for hydroxylation is 1. The number of ether oxygens (including phenoxy) is 2. The van der Waals surface area contributed by atoms with Crippen LogP contribution in [0, 0.1) is 12.7 Å². The van der Waals surface area contributed by atoms with E-state index in [-0.39, 0.29) is 17.5 Å².